The minimum atomic E-state index is -1.07. The molecule has 0 saturated heterocycles. The van der Waals surface area contributed by atoms with Gasteiger partial charge >= 0.3 is 11.9 Å². The van der Waals surface area contributed by atoms with Gasteiger partial charge in [-0.3, -0.25) is 19.3 Å². The van der Waals surface area contributed by atoms with Crippen molar-refractivity contribution in [1.82, 2.24) is 4.90 Å². The minimum absolute atomic E-state index is 0.0212. The third-order valence-electron chi connectivity index (χ3n) is 6.77. The molecule has 0 spiro atoms. The third-order valence-corrected chi connectivity index (χ3v) is 6.77. The van der Waals surface area contributed by atoms with Crippen LogP contribution in [0.4, 0.5) is 5.69 Å². The molecule has 0 aliphatic carbocycles. The molecule has 220 valence electrons. The van der Waals surface area contributed by atoms with Crippen molar-refractivity contribution in [2.45, 2.75) is 32.0 Å². The van der Waals surface area contributed by atoms with E-state index in [-0.39, 0.29) is 25.3 Å². The lowest BCUT2D eigenvalue weighted by atomic mass is 10.1. The lowest BCUT2D eigenvalue weighted by Gasteiger charge is -2.27. The summed E-state index contributed by atoms with van der Waals surface area (Å²) in [4.78, 5) is 37.5. The van der Waals surface area contributed by atoms with Gasteiger partial charge in [0.15, 0.2) is 0 Å². The molecule has 4 rings (SSSR count). The SMILES string of the molecule is O=C(O)CC[C@@H](C(=O)O)N(C/C=C/c1ccc(NC(=O)c2ccccc2)cc1)Cc1ccc(OCc2ccccc2)cc1. The van der Waals surface area contributed by atoms with Crippen molar-refractivity contribution in [1.29, 1.82) is 0 Å². The number of carbonyl (C=O) groups excluding carboxylic acids is 1. The molecule has 43 heavy (non-hydrogen) atoms. The van der Waals surface area contributed by atoms with Gasteiger partial charge in [0.2, 0.25) is 0 Å². The highest BCUT2D eigenvalue weighted by atomic mass is 16.5. The van der Waals surface area contributed by atoms with E-state index < -0.39 is 18.0 Å². The first kappa shape index (κ1) is 30.7. The Labute approximate surface area is 250 Å². The van der Waals surface area contributed by atoms with Crippen LogP contribution in [-0.2, 0) is 22.7 Å². The Hall–Kier alpha value is -5.21. The molecule has 4 aromatic rings. The van der Waals surface area contributed by atoms with Gasteiger partial charge in [0, 0.05) is 30.8 Å². The molecule has 1 atom stereocenters. The van der Waals surface area contributed by atoms with Crippen LogP contribution in [0.25, 0.3) is 6.08 Å². The predicted molar refractivity (Wildman–Crippen MR) is 166 cm³/mol. The van der Waals surface area contributed by atoms with Gasteiger partial charge in [0.1, 0.15) is 18.4 Å². The zero-order chi connectivity index (χ0) is 30.4. The molecule has 3 N–H and O–H groups in total. The van der Waals surface area contributed by atoms with Gasteiger partial charge in [-0.05, 0) is 59.5 Å². The van der Waals surface area contributed by atoms with Crippen LogP contribution in [0.15, 0.2) is 115 Å². The van der Waals surface area contributed by atoms with Crippen LogP contribution in [0.2, 0.25) is 0 Å². The smallest absolute Gasteiger partial charge is 0.320 e. The number of ether oxygens (including phenoxy) is 1. The quantitative estimate of drug-likeness (QED) is 0.150. The number of hydrogen-bond donors (Lipinski definition) is 3. The summed E-state index contributed by atoms with van der Waals surface area (Å²) in [6.45, 7) is 1.04. The molecule has 0 unspecified atom stereocenters. The van der Waals surface area contributed by atoms with E-state index in [0.717, 1.165) is 16.7 Å². The zero-order valence-electron chi connectivity index (χ0n) is 23.6. The van der Waals surface area contributed by atoms with Gasteiger partial charge in [-0.1, -0.05) is 84.9 Å². The summed E-state index contributed by atoms with van der Waals surface area (Å²) in [5.74, 6) is -1.61. The van der Waals surface area contributed by atoms with Crippen LogP contribution in [0, 0.1) is 0 Å². The monoisotopic (exact) mass is 578 g/mol. The van der Waals surface area contributed by atoms with Crippen LogP contribution in [0.5, 0.6) is 5.75 Å². The first-order valence-corrected chi connectivity index (χ1v) is 13.9. The van der Waals surface area contributed by atoms with E-state index >= 15 is 0 Å². The summed E-state index contributed by atoms with van der Waals surface area (Å²) in [6, 6.07) is 32.6. The second-order valence-corrected chi connectivity index (χ2v) is 9.98. The number of anilines is 1. The fourth-order valence-electron chi connectivity index (χ4n) is 4.49. The Balaban J connectivity index is 1.40. The van der Waals surface area contributed by atoms with Crippen LogP contribution in [-0.4, -0.2) is 45.5 Å². The van der Waals surface area contributed by atoms with Crippen molar-refractivity contribution in [2.24, 2.45) is 0 Å². The summed E-state index contributed by atoms with van der Waals surface area (Å²) in [5.41, 5.74) is 4.02. The molecular formula is C35H34N2O6. The van der Waals surface area contributed by atoms with Crippen molar-refractivity contribution >= 4 is 29.6 Å². The molecule has 0 aromatic heterocycles. The number of benzene rings is 4. The van der Waals surface area contributed by atoms with Gasteiger partial charge in [0.25, 0.3) is 5.91 Å². The molecule has 0 heterocycles. The third kappa shape index (κ3) is 9.98. The van der Waals surface area contributed by atoms with E-state index in [1.165, 1.54) is 0 Å². The number of rotatable bonds is 15. The van der Waals surface area contributed by atoms with Crippen LogP contribution >= 0.6 is 0 Å². The van der Waals surface area contributed by atoms with E-state index in [9.17, 15) is 24.6 Å². The molecule has 0 aliphatic rings. The molecule has 8 heteroatoms. The van der Waals surface area contributed by atoms with E-state index in [2.05, 4.69) is 5.32 Å². The van der Waals surface area contributed by atoms with E-state index in [1.807, 2.05) is 84.9 Å². The Bertz CT molecular complexity index is 1500. The summed E-state index contributed by atoms with van der Waals surface area (Å²) in [6.07, 6.45) is 3.45. The number of nitrogens with one attached hydrogen (secondary N) is 1. The average molecular weight is 579 g/mol. The lowest BCUT2D eigenvalue weighted by Crippen LogP contribution is -2.41. The lowest BCUT2D eigenvalue weighted by molar-refractivity contribution is -0.144. The average Bonchev–Trinajstić information content (AvgIpc) is 3.02. The summed E-state index contributed by atoms with van der Waals surface area (Å²) < 4.78 is 5.86. The first-order valence-electron chi connectivity index (χ1n) is 13.9. The fourth-order valence-corrected chi connectivity index (χ4v) is 4.49. The Morgan fingerprint density at radius 3 is 2.07 bits per heavy atom. The van der Waals surface area contributed by atoms with Crippen molar-refractivity contribution in [3.8, 4) is 5.75 Å². The number of aliphatic carboxylic acids is 2. The van der Waals surface area contributed by atoms with Gasteiger partial charge in [-0.2, -0.15) is 0 Å². The normalized spacial score (nSPS) is 11.7. The van der Waals surface area contributed by atoms with Crippen molar-refractivity contribution in [3.05, 3.63) is 138 Å². The van der Waals surface area contributed by atoms with Crippen molar-refractivity contribution in [3.63, 3.8) is 0 Å². The van der Waals surface area contributed by atoms with Crippen molar-refractivity contribution < 1.29 is 29.3 Å². The Kier molecular flexibility index (Phi) is 11.2. The maximum Gasteiger partial charge on any atom is 0.320 e. The number of amides is 1. The number of carbonyl (C=O) groups is 3. The number of hydrogen-bond acceptors (Lipinski definition) is 5. The summed E-state index contributed by atoms with van der Waals surface area (Å²) >= 11 is 0. The maximum atomic E-state index is 12.4. The molecule has 0 bridgehead atoms. The van der Waals surface area contributed by atoms with Crippen molar-refractivity contribution in [2.75, 3.05) is 11.9 Å². The van der Waals surface area contributed by atoms with Gasteiger partial charge in [-0.25, -0.2) is 0 Å². The van der Waals surface area contributed by atoms with Gasteiger partial charge in [-0.15, -0.1) is 0 Å². The number of nitrogens with zero attached hydrogens (tertiary/aromatic N) is 1. The fraction of sp³-hybridized carbons (Fsp3) is 0.171. The zero-order valence-corrected chi connectivity index (χ0v) is 23.6. The second-order valence-electron chi connectivity index (χ2n) is 9.98. The molecular weight excluding hydrogens is 544 g/mol. The highest BCUT2D eigenvalue weighted by Gasteiger charge is 2.25. The summed E-state index contributed by atoms with van der Waals surface area (Å²) in [5, 5.41) is 22.0. The first-order chi connectivity index (χ1) is 20.9. The highest BCUT2D eigenvalue weighted by Crippen LogP contribution is 2.19. The number of carboxylic acids is 2. The van der Waals surface area contributed by atoms with Gasteiger partial charge in [0.05, 0.1) is 0 Å². The standard InChI is InChI=1S/C35H34N2O6/c38-33(39)22-21-32(35(41)42)37(24-27-15-19-31(20-16-27)43-25-28-8-3-1-4-9-28)23-7-10-26-13-17-30(18-14-26)36-34(40)29-11-5-2-6-12-29/h1-20,32H,21-25H2,(H,36,40)(H,38,39)(H,41,42)/b10-7+/t32-/m0/s1. The highest BCUT2D eigenvalue weighted by molar-refractivity contribution is 6.04. The van der Waals surface area contributed by atoms with Gasteiger partial charge < -0.3 is 20.3 Å². The minimum Gasteiger partial charge on any atom is -0.489 e. The molecule has 0 radical (unpaired) electrons. The van der Waals surface area contributed by atoms with Crippen LogP contribution < -0.4 is 10.1 Å². The summed E-state index contributed by atoms with van der Waals surface area (Å²) in [7, 11) is 0. The molecule has 0 saturated carbocycles. The molecule has 1 amide bonds. The van der Waals surface area contributed by atoms with Crippen LogP contribution in [0.1, 0.15) is 39.9 Å². The number of carboxylic acid groups (broad SMARTS) is 2. The second kappa shape index (κ2) is 15.7. The molecule has 8 nitrogen and oxygen atoms in total. The Morgan fingerprint density at radius 2 is 1.44 bits per heavy atom. The molecule has 0 aliphatic heterocycles. The van der Waals surface area contributed by atoms with E-state index in [1.54, 1.807) is 41.3 Å². The Morgan fingerprint density at radius 1 is 0.791 bits per heavy atom. The predicted octanol–water partition coefficient (Wildman–Crippen LogP) is 6.35. The van der Waals surface area contributed by atoms with E-state index in [0.29, 0.717) is 30.2 Å². The van der Waals surface area contributed by atoms with E-state index in [4.69, 9.17) is 4.74 Å². The molecule has 0 fully saturated rings. The maximum absolute atomic E-state index is 12.4. The molecule has 4 aromatic carbocycles. The topological polar surface area (TPSA) is 116 Å². The van der Waals surface area contributed by atoms with Crippen LogP contribution in [0.3, 0.4) is 0 Å². The largest absolute Gasteiger partial charge is 0.489 e.